The van der Waals surface area contributed by atoms with Gasteiger partial charge in [0.25, 0.3) is 5.69 Å². The smallest absolute Gasteiger partial charge is 0.306 e. The van der Waals surface area contributed by atoms with E-state index in [1.807, 2.05) is 0 Å². The molecule has 0 fully saturated rings. The molecule has 8 nitrogen and oxygen atoms in total. The van der Waals surface area contributed by atoms with E-state index in [-0.39, 0.29) is 24.3 Å². The summed E-state index contributed by atoms with van der Waals surface area (Å²) in [6.07, 6.45) is -0.762. The number of carbonyl (C=O) groups is 1. The van der Waals surface area contributed by atoms with Gasteiger partial charge < -0.3 is 19.9 Å². The zero-order valence-corrected chi connectivity index (χ0v) is 11.2. The molecule has 1 aromatic carbocycles. The van der Waals surface area contributed by atoms with Crippen molar-refractivity contribution in [1.29, 1.82) is 0 Å². The van der Waals surface area contributed by atoms with E-state index in [1.54, 1.807) is 6.07 Å². The highest BCUT2D eigenvalue weighted by Gasteiger charge is 2.17. The lowest BCUT2D eigenvalue weighted by molar-refractivity contribution is -0.384. The zero-order valence-electron chi connectivity index (χ0n) is 11.2. The van der Waals surface area contributed by atoms with Crippen LogP contribution in [0.3, 0.4) is 0 Å². The highest BCUT2D eigenvalue weighted by atomic mass is 16.6. The second-order valence-corrected chi connectivity index (χ2v) is 3.98. The van der Waals surface area contributed by atoms with Gasteiger partial charge in [0, 0.05) is 13.7 Å². The fourth-order valence-corrected chi connectivity index (χ4v) is 1.60. The number of nitrogens with one attached hydrogen (secondary N) is 1. The number of nitrogens with zero attached hydrogens (tertiary/aromatic N) is 1. The van der Waals surface area contributed by atoms with E-state index < -0.39 is 17.0 Å². The van der Waals surface area contributed by atoms with Gasteiger partial charge in [-0.05, 0) is 12.1 Å². The molecule has 110 valence electrons. The summed E-state index contributed by atoms with van der Waals surface area (Å²) in [7, 11) is 2.80. The fraction of sp³-hybridized carbons (Fsp3) is 0.417. The SMILES string of the molecule is COc1ccc(NCC(CC(=O)O)OC)c([N+](=O)[O-])c1. The summed E-state index contributed by atoms with van der Waals surface area (Å²) >= 11 is 0. The van der Waals surface area contributed by atoms with Crippen LogP contribution in [0.4, 0.5) is 11.4 Å². The molecule has 1 aromatic rings. The Morgan fingerprint density at radius 1 is 1.50 bits per heavy atom. The molecule has 0 heterocycles. The van der Waals surface area contributed by atoms with Crippen LogP contribution in [0.2, 0.25) is 0 Å². The molecule has 0 aliphatic heterocycles. The van der Waals surface area contributed by atoms with Crippen LogP contribution >= 0.6 is 0 Å². The lowest BCUT2D eigenvalue weighted by Crippen LogP contribution is -2.25. The summed E-state index contributed by atoms with van der Waals surface area (Å²) in [4.78, 5) is 21.0. The van der Waals surface area contributed by atoms with Gasteiger partial charge in [-0.3, -0.25) is 14.9 Å². The zero-order chi connectivity index (χ0) is 15.1. The van der Waals surface area contributed by atoms with E-state index in [9.17, 15) is 14.9 Å². The van der Waals surface area contributed by atoms with Crippen LogP contribution in [0.1, 0.15) is 6.42 Å². The lowest BCUT2D eigenvalue weighted by Gasteiger charge is -2.15. The summed E-state index contributed by atoms with van der Waals surface area (Å²) in [6, 6.07) is 4.38. The number of nitro groups is 1. The highest BCUT2D eigenvalue weighted by molar-refractivity contribution is 5.68. The minimum absolute atomic E-state index is 0.144. The molecular weight excluding hydrogens is 268 g/mol. The van der Waals surface area contributed by atoms with Crippen molar-refractivity contribution in [3.8, 4) is 5.75 Å². The summed E-state index contributed by atoms with van der Waals surface area (Å²) in [5, 5.41) is 22.5. The van der Waals surface area contributed by atoms with E-state index in [2.05, 4.69) is 5.32 Å². The molecule has 1 rings (SSSR count). The maximum Gasteiger partial charge on any atom is 0.306 e. The van der Waals surface area contributed by atoms with Gasteiger partial charge in [-0.25, -0.2) is 0 Å². The number of rotatable bonds is 8. The average molecular weight is 284 g/mol. The summed E-state index contributed by atoms with van der Waals surface area (Å²) in [5.74, 6) is -0.626. The van der Waals surface area contributed by atoms with Crippen LogP contribution in [-0.4, -0.2) is 42.9 Å². The number of anilines is 1. The Labute approximate surface area is 115 Å². The summed E-state index contributed by atoms with van der Waals surface area (Å²) in [5.41, 5.74) is 0.137. The summed E-state index contributed by atoms with van der Waals surface area (Å²) < 4.78 is 9.92. The van der Waals surface area contributed by atoms with Gasteiger partial charge in [-0.2, -0.15) is 0 Å². The number of carboxylic acids is 1. The van der Waals surface area contributed by atoms with Crippen LogP contribution in [0.5, 0.6) is 5.75 Å². The molecule has 8 heteroatoms. The first-order valence-electron chi connectivity index (χ1n) is 5.78. The van der Waals surface area contributed by atoms with E-state index in [0.29, 0.717) is 5.75 Å². The predicted molar refractivity (Wildman–Crippen MR) is 71.2 cm³/mol. The number of carboxylic acid groups (broad SMARTS) is 1. The predicted octanol–water partition coefficient (Wildman–Crippen LogP) is 1.50. The number of hydrogen-bond donors (Lipinski definition) is 2. The third-order valence-electron chi connectivity index (χ3n) is 2.66. The Morgan fingerprint density at radius 3 is 2.70 bits per heavy atom. The molecular formula is C12H16N2O6. The molecule has 0 aromatic heterocycles. The first-order valence-corrected chi connectivity index (χ1v) is 5.78. The van der Waals surface area contributed by atoms with Crippen LogP contribution in [0.25, 0.3) is 0 Å². The van der Waals surface area contributed by atoms with Crippen molar-refractivity contribution in [1.82, 2.24) is 0 Å². The first kappa shape index (κ1) is 15.7. The van der Waals surface area contributed by atoms with Crippen molar-refractivity contribution in [2.45, 2.75) is 12.5 Å². The third-order valence-corrected chi connectivity index (χ3v) is 2.66. The maximum absolute atomic E-state index is 11.0. The lowest BCUT2D eigenvalue weighted by atomic mass is 10.2. The molecule has 0 saturated heterocycles. The molecule has 1 unspecified atom stereocenters. The Hall–Kier alpha value is -2.35. The van der Waals surface area contributed by atoms with Gasteiger partial charge in [0.15, 0.2) is 0 Å². The number of hydrogen-bond acceptors (Lipinski definition) is 6. The summed E-state index contributed by atoms with van der Waals surface area (Å²) in [6.45, 7) is 0.149. The van der Waals surface area contributed by atoms with E-state index in [0.717, 1.165) is 0 Å². The van der Waals surface area contributed by atoms with Crippen LogP contribution in [0, 0.1) is 10.1 Å². The number of nitro benzene ring substituents is 1. The number of methoxy groups -OCH3 is 2. The molecule has 0 radical (unpaired) electrons. The van der Waals surface area contributed by atoms with Crippen LogP contribution < -0.4 is 10.1 Å². The fourth-order valence-electron chi connectivity index (χ4n) is 1.60. The van der Waals surface area contributed by atoms with Crippen LogP contribution in [0.15, 0.2) is 18.2 Å². The molecule has 1 atom stereocenters. The van der Waals surface area contributed by atoms with Crippen molar-refractivity contribution < 1.29 is 24.3 Å². The van der Waals surface area contributed by atoms with Crippen molar-refractivity contribution in [3.05, 3.63) is 28.3 Å². The van der Waals surface area contributed by atoms with Gasteiger partial charge in [-0.15, -0.1) is 0 Å². The molecule has 0 aliphatic carbocycles. The van der Waals surface area contributed by atoms with Gasteiger partial charge in [0.05, 0.1) is 30.6 Å². The number of aliphatic carboxylic acids is 1. The van der Waals surface area contributed by atoms with Crippen LogP contribution in [-0.2, 0) is 9.53 Å². The molecule has 0 saturated carbocycles. The Kier molecular flexibility index (Phi) is 5.73. The second-order valence-electron chi connectivity index (χ2n) is 3.98. The molecule has 0 amide bonds. The topological polar surface area (TPSA) is 111 Å². The normalized spacial score (nSPS) is 11.7. The van der Waals surface area contributed by atoms with Crippen molar-refractivity contribution in [3.63, 3.8) is 0 Å². The highest BCUT2D eigenvalue weighted by Crippen LogP contribution is 2.28. The van der Waals surface area contributed by atoms with Crippen molar-refractivity contribution in [2.24, 2.45) is 0 Å². The van der Waals surface area contributed by atoms with Gasteiger partial charge in [-0.1, -0.05) is 0 Å². The monoisotopic (exact) mass is 284 g/mol. The molecule has 0 aliphatic rings. The molecule has 0 bridgehead atoms. The number of benzene rings is 1. The standard InChI is InChI=1S/C12H16N2O6/c1-19-8-3-4-10(11(5-8)14(17)18)13-7-9(20-2)6-12(15)16/h3-5,9,13H,6-7H2,1-2H3,(H,15,16). The van der Waals surface area contributed by atoms with Crippen molar-refractivity contribution in [2.75, 3.05) is 26.1 Å². The third kappa shape index (κ3) is 4.39. The minimum Gasteiger partial charge on any atom is -0.496 e. The first-order chi connectivity index (χ1) is 9.47. The Bertz CT molecular complexity index is 491. The van der Waals surface area contributed by atoms with E-state index in [1.165, 1.54) is 26.4 Å². The Balaban J connectivity index is 2.81. The second kappa shape index (κ2) is 7.29. The number of ether oxygens (including phenoxy) is 2. The quantitative estimate of drug-likeness (QED) is 0.549. The van der Waals surface area contributed by atoms with Gasteiger partial charge in [0.1, 0.15) is 11.4 Å². The average Bonchev–Trinajstić information content (AvgIpc) is 2.42. The van der Waals surface area contributed by atoms with Crippen molar-refractivity contribution >= 4 is 17.3 Å². The largest absolute Gasteiger partial charge is 0.496 e. The van der Waals surface area contributed by atoms with Gasteiger partial charge in [0.2, 0.25) is 0 Å². The van der Waals surface area contributed by atoms with E-state index in [4.69, 9.17) is 14.6 Å². The Morgan fingerprint density at radius 2 is 2.20 bits per heavy atom. The van der Waals surface area contributed by atoms with E-state index >= 15 is 0 Å². The molecule has 0 spiro atoms. The maximum atomic E-state index is 11.0. The minimum atomic E-state index is -0.997. The molecule has 2 N–H and O–H groups in total. The molecule has 20 heavy (non-hydrogen) atoms. The van der Waals surface area contributed by atoms with Gasteiger partial charge >= 0.3 is 5.97 Å².